The van der Waals surface area contributed by atoms with Crippen LogP contribution in [0.2, 0.25) is 0 Å². The summed E-state index contributed by atoms with van der Waals surface area (Å²) in [6, 6.07) is 7.49. The van der Waals surface area contributed by atoms with Gasteiger partial charge in [-0.05, 0) is 30.7 Å². The Kier molecular flexibility index (Phi) is 4.09. The summed E-state index contributed by atoms with van der Waals surface area (Å²) in [4.78, 5) is 30.0. The van der Waals surface area contributed by atoms with Crippen LogP contribution in [0.4, 0.5) is 0 Å². The van der Waals surface area contributed by atoms with E-state index >= 15 is 0 Å². The number of para-hydroxylation sites is 1. The number of ketones is 1. The number of ether oxygens (including phenoxy) is 1. The minimum Gasteiger partial charge on any atom is -0.394 e. The van der Waals surface area contributed by atoms with Gasteiger partial charge in [0, 0.05) is 30.2 Å². The Hall–Kier alpha value is -2.18. The van der Waals surface area contributed by atoms with Crippen LogP contribution in [0.25, 0.3) is 10.9 Å². The van der Waals surface area contributed by atoms with Gasteiger partial charge < -0.3 is 19.7 Å². The van der Waals surface area contributed by atoms with E-state index < -0.39 is 11.7 Å². The number of rotatable bonds is 3. The molecule has 2 aromatic rings. The number of H-pyrrole nitrogens is 1. The fraction of sp³-hybridized carbons (Fsp3) is 0.474. The second-order valence-electron chi connectivity index (χ2n) is 7.19. The van der Waals surface area contributed by atoms with Gasteiger partial charge in [-0.3, -0.25) is 9.59 Å². The number of hydrogen-bond acceptors (Lipinski definition) is 4. The van der Waals surface area contributed by atoms with Crippen molar-refractivity contribution < 1.29 is 19.4 Å². The minimum atomic E-state index is -0.454. The fourth-order valence-corrected chi connectivity index (χ4v) is 4.06. The summed E-state index contributed by atoms with van der Waals surface area (Å²) in [5, 5.41) is 10.0. The van der Waals surface area contributed by atoms with Gasteiger partial charge >= 0.3 is 0 Å². The first kappa shape index (κ1) is 16.3. The Morgan fingerprint density at radius 1 is 1.28 bits per heavy atom. The predicted molar refractivity (Wildman–Crippen MR) is 92.3 cm³/mol. The maximum atomic E-state index is 12.7. The number of aromatic nitrogens is 1. The molecule has 4 rings (SSSR count). The molecule has 3 heterocycles. The van der Waals surface area contributed by atoms with Crippen LogP contribution in [0.3, 0.4) is 0 Å². The zero-order valence-electron chi connectivity index (χ0n) is 14.0. The third-order valence-corrected chi connectivity index (χ3v) is 5.63. The van der Waals surface area contributed by atoms with Gasteiger partial charge in [0.05, 0.1) is 24.9 Å². The molecule has 1 aromatic carbocycles. The highest BCUT2D eigenvalue weighted by Crippen LogP contribution is 2.41. The Bertz CT molecular complexity index is 805. The van der Waals surface area contributed by atoms with E-state index in [2.05, 4.69) is 4.98 Å². The van der Waals surface area contributed by atoms with Gasteiger partial charge in [0.15, 0.2) is 0 Å². The Morgan fingerprint density at radius 2 is 2.04 bits per heavy atom. The highest BCUT2D eigenvalue weighted by molar-refractivity contribution is 6.44. The van der Waals surface area contributed by atoms with E-state index in [1.807, 2.05) is 24.3 Å². The van der Waals surface area contributed by atoms with E-state index in [0.717, 1.165) is 30.2 Å². The molecule has 2 aliphatic rings. The first-order valence-electron chi connectivity index (χ1n) is 8.74. The van der Waals surface area contributed by atoms with Crippen LogP contribution in [-0.4, -0.2) is 59.1 Å². The Labute approximate surface area is 145 Å². The van der Waals surface area contributed by atoms with Gasteiger partial charge in [0.1, 0.15) is 0 Å². The van der Waals surface area contributed by atoms with Crippen molar-refractivity contribution in [2.75, 3.05) is 26.3 Å². The lowest BCUT2D eigenvalue weighted by molar-refractivity contribution is -0.128. The van der Waals surface area contributed by atoms with Crippen LogP contribution in [-0.2, 0) is 9.53 Å². The lowest BCUT2D eigenvalue weighted by Crippen LogP contribution is -2.46. The fourth-order valence-electron chi connectivity index (χ4n) is 4.06. The van der Waals surface area contributed by atoms with Crippen LogP contribution in [0, 0.1) is 5.41 Å². The molecule has 0 aliphatic carbocycles. The van der Waals surface area contributed by atoms with Crippen LogP contribution in [0.15, 0.2) is 30.5 Å². The average Bonchev–Trinajstić information content (AvgIpc) is 3.26. The van der Waals surface area contributed by atoms with Gasteiger partial charge in [-0.1, -0.05) is 18.2 Å². The summed E-state index contributed by atoms with van der Waals surface area (Å²) in [5.41, 5.74) is 1.34. The van der Waals surface area contributed by atoms with Crippen molar-refractivity contribution in [2.45, 2.75) is 25.4 Å². The number of fused-ring (bicyclic) bond motifs is 1. The van der Waals surface area contributed by atoms with Gasteiger partial charge in [0.2, 0.25) is 0 Å². The molecule has 1 amide bonds. The number of likely N-dealkylation sites (tertiary alicyclic amines) is 1. The number of benzene rings is 1. The van der Waals surface area contributed by atoms with E-state index in [-0.39, 0.29) is 18.1 Å². The van der Waals surface area contributed by atoms with E-state index in [0.29, 0.717) is 25.3 Å². The summed E-state index contributed by atoms with van der Waals surface area (Å²) >= 11 is 0. The highest BCUT2D eigenvalue weighted by atomic mass is 16.5. The third kappa shape index (κ3) is 2.85. The van der Waals surface area contributed by atoms with Crippen molar-refractivity contribution >= 4 is 22.6 Å². The molecule has 2 N–H and O–H groups in total. The van der Waals surface area contributed by atoms with Gasteiger partial charge in [-0.15, -0.1) is 0 Å². The van der Waals surface area contributed by atoms with E-state index in [1.165, 1.54) is 0 Å². The Morgan fingerprint density at radius 3 is 2.76 bits per heavy atom. The van der Waals surface area contributed by atoms with Crippen molar-refractivity contribution in [3.8, 4) is 0 Å². The molecule has 1 spiro atoms. The normalized spacial score (nSPS) is 22.6. The molecular weight excluding hydrogens is 320 g/mol. The number of hydrogen-bond donors (Lipinski definition) is 2. The van der Waals surface area contributed by atoms with Crippen LogP contribution in [0.5, 0.6) is 0 Å². The molecule has 25 heavy (non-hydrogen) atoms. The number of carbonyl (C=O) groups excluding carboxylic acids is 2. The molecule has 132 valence electrons. The van der Waals surface area contributed by atoms with E-state index in [4.69, 9.17) is 4.74 Å². The molecule has 0 bridgehead atoms. The second kappa shape index (κ2) is 6.28. The maximum Gasteiger partial charge on any atom is 0.295 e. The van der Waals surface area contributed by atoms with Gasteiger partial charge in [-0.25, -0.2) is 0 Å². The summed E-state index contributed by atoms with van der Waals surface area (Å²) in [5.74, 6) is -0.887. The van der Waals surface area contributed by atoms with E-state index in [1.54, 1.807) is 11.1 Å². The summed E-state index contributed by atoms with van der Waals surface area (Å²) < 4.78 is 5.62. The van der Waals surface area contributed by atoms with Crippen molar-refractivity contribution in [1.29, 1.82) is 0 Å². The first-order chi connectivity index (χ1) is 12.1. The van der Waals surface area contributed by atoms with Crippen molar-refractivity contribution in [3.05, 3.63) is 36.0 Å². The molecule has 6 nitrogen and oxygen atoms in total. The predicted octanol–water partition coefficient (Wildman–Crippen LogP) is 1.74. The number of nitrogens with one attached hydrogen (secondary N) is 1. The highest BCUT2D eigenvalue weighted by Gasteiger charge is 2.43. The average molecular weight is 342 g/mol. The van der Waals surface area contributed by atoms with E-state index in [9.17, 15) is 14.7 Å². The van der Waals surface area contributed by atoms with Crippen LogP contribution in [0.1, 0.15) is 29.6 Å². The largest absolute Gasteiger partial charge is 0.394 e. The number of aromatic amines is 1. The number of nitrogens with zero attached hydrogens (tertiary/aromatic N) is 1. The van der Waals surface area contributed by atoms with Gasteiger partial charge in [0.25, 0.3) is 11.7 Å². The topological polar surface area (TPSA) is 82.6 Å². The number of carbonyl (C=O) groups is 2. The molecule has 2 aliphatic heterocycles. The smallest absolute Gasteiger partial charge is 0.295 e. The minimum absolute atomic E-state index is 0.0451. The number of Topliss-reactive ketones (excluding diaryl/α,β-unsaturated/α-hetero) is 1. The summed E-state index contributed by atoms with van der Waals surface area (Å²) in [6.45, 7) is 1.81. The van der Waals surface area contributed by atoms with Gasteiger partial charge in [-0.2, -0.15) is 0 Å². The zero-order valence-corrected chi connectivity index (χ0v) is 14.0. The number of piperidine rings is 1. The maximum absolute atomic E-state index is 12.7. The van der Waals surface area contributed by atoms with Crippen LogP contribution >= 0.6 is 0 Å². The summed E-state index contributed by atoms with van der Waals surface area (Å²) in [7, 11) is 0. The third-order valence-electron chi connectivity index (χ3n) is 5.63. The summed E-state index contributed by atoms with van der Waals surface area (Å²) in [6.07, 6.45) is 4.00. The molecule has 0 radical (unpaired) electrons. The molecular formula is C19H22N2O4. The van der Waals surface area contributed by atoms with Crippen molar-refractivity contribution in [2.24, 2.45) is 5.41 Å². The van der Waals surface area contributed by atoms with Crippen LogP contribution < -0.4 is 0 Å². The SMILES string of the molecule is O=C(C(=O)N1CCC2(CC1)COC(CO)C2)c1c[nH]c2ccccc12. The van der Waals surface area contributed by atoms with Crippen molar-refractivity contribution in [1.82, 2.24) is 9.88 Å². The Balaban J connectivity index is 1.45. The monoisotopic (exact) mass is 342 g/mol. The number of aliphatic hydroxyl groups is 1. The van der Waals surface area contributed by atoms with Crippen molar-refractivity contribution in [3.63, 3.8) is 0 Å². The number of aliphatic hydroxyl groups excluding tert-OH is 1. The molecule has 1 atom stereocenters. The lowest BCUT2D eigenvalue weighted by atomic mass is 9.76. The lowest BCUT2D eigenvalue weighted by Gasteiger charge is -2.38. The standard InChI is InChI=1S/C19H22N2O4/c22-11-13-9-19(12-25-13)5-7-21(8-6-19)18(24)17(23)15-10-20-16-4-2-1-3-14(15)16/h1-4,10,13,20,22H,5-9,11-12H2. The molecule has 6 heteroatoms. The second-order valence-corrected chi connectivity index (χ2v) is 7.19. The molecule has 0 saturated carbocycles. The quantitative estimate of drug-likeness (QED) is 0.657. The molecule has 2 saturated heterocycles. The molecule has 1 aromatic heterocycles. The molecule has 2 fully saturated rings. The zero-order chi connectivity index (χ0) is 17.4. The first-order valence-corrected chi connectivity index (χ1v) is 8.74. The number of amides is 1. The molecule has 1 unspecified atom stereocenters.